The first kappa shape index (κ1) is 12.6. The summed E-state index contributed by atoms with van der Waals surface area (Å²) < 4.78 is 1.12. The summed E-state index contributed by atoms with van der Waals surface area (Å²) in [7, 11) is 0. The summed E-state index contributed by atoms with van der Waals surface area (Å²) in [6, 6.07) is 8.83. The van der Waals surface area contributed by atoms with Crippen molar-refractivity contribution in [3.05, 3.63) is 34.3 Å². The first-order chi connectivity index (χ1) is 8.28. The number of rotatable bonds is 4. The van der Waals surface area contributed by atoms with Gasteiger partial charge < -0.3 is 5.32 Å². The molecule has 17 heavy (non-hydrogen) atoms. The van der Waals surface area contributed by atoms with Crippen molar-refractivity contribution < 1.29 is 4.79 Å². The number of hydrogen-bond donors (Lipinski definition) is 1. The maximum absolute atomic E-state index is 10.3. The second kappa shape index (κ2) is 6.17. The van der Waals surface area contributed by atoms with E-state index in [0.717, 1.165) is 43.4 Å². The molecule has 1 aromatic rings. The fraction of sp³-hybridized carbons (Fsp3) is 0.462. The third-order valence-corrected chi connectivity index (χ3v) is 3.74. The second-order valence-corrected chi connectivity index (χ2v) is 5.38. The monoisotopic (exact) mass is 296 g/mol. The van der Waals surface area contributed by atoms with Crippen molar-refractivity contribution in [2.24, 2.45) is 0 Å². The van der Waals surface area contributed by atoms with Crippen molar-refractivity contribution in [1.29, 1.82) is 0 Å². The van der Waals surface area contributed by atoms with Crippen LogP contribution in [0, 0.1) is 0 Å². The Bertz CT molecular complexity index is 358. The summed E-state index contributed by atoms with van der Waals surface area (Å²) in [6.45, 7) is 3.12. The van der Waals surface area contributed by atoms with E-state index >= 15 is 0 Å². The third-order valence-electron chi connectivity index (χ3n) is 3.21. The number of nitrogens with zero attached hydrogens (tertiary/aromatic N) is 1. The van der Waals surface area contributed by atoms with Crippen LogP contribution in [0.15, 0.2) is 28.7 Å². The van der Waals surface area contributed by atoms with Gasteiger partial charge in [0, 0.05) is 30.1 Å². The van der Waals surface area contributed by atoms with Crippen molar-refractivity contribution >= 4 is 22.3 Å². The van der Waals surface area contributed by atoms with E-state index in [-0.39, 0.29) is 0 Å². The first-order valence-corrected chi connectivity index (χ1v) is 6.74. The Morgan fingerprint density at radius 2 is 1.94 bits per heavy atom. The zero-order chi connectivity index (χ0) is 12.1. The van der Waals surface area contributed by atoms with E-state index in [1.54, 1.807) is 0 Å². The molecule has 0 aliphatic carbocycles. The van der Waals surface area contributed by atoms with Gasteiger partial charge in [-0.3, -0.25) is 9.69 Å². The highest BCUT2D eigenvalue weighted by atomic mass is 79.9. The van der Waals surface area contributed by atoms with Gasteiger partial charge in [0.05, 0.1) is 0 Å². The molecule has 1 saturated heterocycles. The summed E-state index contributed by atoms with van der Waals surface area (Å²) >= 11 is 3.44. The van der Waals surface area contributed by atoms with E-state index in [1.165, 1.54) is 5.56 Å². The molecule has 2 rings (SSSR count). The highest BCUT2D eigenvalue weighted by Gasteiger charge is 2.18. The molecule has 0 unspecified atom stereocenters. The Balaban J connectivity index is 1.81. The van der Waals surface area contributed by atoms with Crippen LogP contribution in [0.1, 0.15) is 18.4 Å². The van der Waals surface area contributed by atoms with Gasteiger partial charge >= 0.3 is 0 Å². The van der Waals surface area contributed by atoms with Gasteiger partial charge in [-0.05, 0) is 30.5 Å². The lowest BCUT2D eigenvalue weighted by atomic mass is 10.0. The molecule has 1 aliphatic heterocycles. The number of carbonyl (C=O) groups excluding carboxylic acids is 1. The molecule has 0 spiro atoms. The Labute approximate surface area is 110 Å². The zero-order valence-corrected chi connectivity index (χ0v) is 11.3. The summed E-state index contributed by atoms with van der Waals surface area (Å²) in [6.07, 6.45) is 2.92. The van der Waals surface area contributed by atoms with Gasteiger partial charge in [-0.25, -0.2) is 0 Å². The third kappa shape index (κ3) is 3.82. The summed E-state index contributed by atoms with van der Waals surface area (Å²) in [5.74, 6) is 0. The minimum atomic E-state index is 0.369. The largest absolute Gasteiger partial charge is 0.356 e. The van der Waals surface area contributed by atoms with Crippen molar-refractivity contribution in [3.63, 3.8) is 0 Å². The number of nitrogens with one attached hydrogen (secondary N) is 1. The minimum Gasteiger partial charge on any atom is -0.356 e. The first-order valence-electron chi connectivity index (χ1n) is 5.94. The Morgan fingerprint density at radius 3 is 2.53 bits per heavy atom. The normalized spacial score (nSPS) is 17.9. The van der Waals surface area contributed by atoms with Crippen LogP contribution in [-0.4, -0.2) is 30.4 Å². The van der Waals surface area contributed by atoms with Crippen molar-refractivity contribution in [2.45, 2.75) is 25.4 Å². The maximum atomic E-state index is 10.3. The van der Waals surface area contributed by atoms with Crippen LogP contribution < -0.4 is 5.32 Å². The van der Waals surface area contributed by atoms with Crippen LogP contribution in [0.2, 0.25) is 0 Å². The molecule has 1 fully saturated rings. The van der Waals surface area contributed by atoms with Crippen molar-refractivity contribution in [2.75, 3.05) is 13.1 Å². The fourth-order valence-corrected chi connectivity index (χ4v) is 2.47. The van der Waals surface area contributed by atoms with Gasteiger partial charge in [0.2, 0.25) is 6.41 Å². The van der Waals surface area contributed by atoms with Crippen LogP contribution in [0.4, 0.5) is 0 Å². The number of piperidine rings is 1. The van der Waals surface area contributed by atoms with Crippen LogP contribution in [0.25, 0.3) is 0 Å². The average Bonchev–Trinajstić information content (AvgIpc) is 2.35. The molecule has 1 aliphatic rings. The highest BCUT2D eigenvalue weighted by Crippen LogP contribution is 2.15. The molecule has 3 nitrogen and oxygen atoms in total. The minimum absolute atomic E-state index is 0.369. The van der Waals surface area contributed by atoms with Gasteiger partial charge in [0.25, 0.3) is 0 Å². The van der Waals surface area contributed by atoms with E-state index < -0.39 is 0 Å². The van der Waals surface area contributed by atoms with Crippen molar-refractivity contribution in [1.82, 2.24) is 10.2 Å². The lowest BCUT2D eigenvalue weighted by Crippen LogP contribution is -2.41. The van der Waals surface area contributed by atoms with Gasteiger partial charge in [-0.1, -0.05) is 28.1 Å². The van der Waals surface area contributed by atoms with Gasteiger partial charge in [-0.15, -0.1) is 0 Å². The van der Waals surface area contributed by atoms with E-state index in [9.17, 15) is 4.79 Å². The van der Waals surface area contributed by atoms with Gasteiger partial charge in [0.1, 0.15) is 0 Å². The molecule has 0 bridgehead atoms. The predicted octanol–water partition coefficient (Wildman–Crippen LogP) is 2.16. The molecule has 4 heteroatoms. The SMILES string of the molecule is O=CNC1CCN(Cc2ccc(Br)cc2)CC1. The molecular formula is C13H17BrN2O. The summed E-state index contributed by atoms with van der Waals surface area (Å²) in [5, 5.41) is 2.86. The number of likely N-dealkylation sites (tertiary alicyclic amines) is 1. The average molecular weight is 297 g/mol. The molecule has 1 N–H and O–H groups in total. The molecule has 0 aromatic heterocycles. The quantitative estimate of drug-likeness (QED) is 0.864. The Kier molecular flexibility index (Phi) is 4.57. The summed E-state index contributed by atoms with van der Waals surface area (Å²) in [5.41, 5.74) is 1.34. The molecule has 1 amide bonds. The van der Waals surface area contributed by atoms with Crippen LogP contribution in [0.3, 0.4) is 0 Å². The molecule has 1 aromatic carbocycles. The molecule has 0 saturated carbocycles. The van der Waals surface area contributed by atoms with E-state index in [1.807, 2.05) is 0 Å². The lowest BCUT2D eigenvalue weighted by molar-refractivity contribution is -0.110. The number of amides is 1. The number of carbonyl (C=O) groups is 1. The number of benzene rings is 1. The lowest BCUT2D eigenvalue weighted by Gasteiger charge is -2.31. The van der Waals surface area contributed by atoms with E-state index in [0.29, 0.717) is 6.04 Å². The predicted molar refractivity (Wildman–Crippen MR) is 71.6 cm³/mol. The Morgan fingerprint density at radius 1 is 1.29 bits per heavy atom. The van der Waals surface area contributed by atoms with Crippen LogP contribution in [-0.2, 0) is 11.3 Å². The number of hydrogen-bond acceptors (Lipinski definition) is 2. The molecule has 0 radical (unpaired) electrons. The van der Waals surface area contributed by atoms with E-state index in [2.05, 4.69) is 50.4 Å². The smallest absolute Gasteiger partial charge is 0.207 e. The zero-order valence-electron chi connectivity index (χ0n) is 9.73. The van der Waals surface area contributed by atoms with Crippen LogP contribution >= 0.6 is 15.9 Å². The van der Waals surface area contributed by atoms with Gasteiger partial charge in [-0.2, -0.15) is 0 Å². The highest BCUT2D eigenvalue weighted by molar-refractivity contribution is 9.10. The molecule has 92 valence electrons. The second-order valence-electron chi connectivity index (χ2n) is 4.46. The van der Waals surface area contributed by atoms with Crippen LogP contribution in [0.5, 0.6) is 0 Å². The summed E-state index contributed by atoms with van der Waals surface area (Å²) in [4.78, 5) is 12.8. The standard InChI is InChI=1S/C13H17BrN2O/c14-12-3-1-11(2-4-12)9-16-7-5-13(6-8-16)15-10-17/h1-4,10,13H,5-9H2,(H,15,17). The molecule has 1 heterocycles. The maximum Gasteiger partial charge on any atom is 0.207 e. The van der Waals surface area contributed by atoms with Gasteiger partial charge in [0.15, 0.2) is 0 Å². The fourth-order valence-electron chi connectivity index (χ4n) is 2.20. The topological polar surface area (TPSA) is 32.3 Å². The van der Waals surface area contributed by atoms with E-state index in [4.69, 9.17) is 0 Å². The van der Waals surface area contributed by atoms with Crippen molar-refractivity contribution in [3.8, 4) is 0 Å². The molecular weight excluding hydrogens is 280 g/mol. The number of halogens is 1. The molecule has 0 atom stereocenters. The Hall–Kier alpha value is -0.870.